The number of likely N-dealkylation sites (tertiary alicyclic amines) is 1. The summed E-state index contributed by atoms with van der Waals surface area (Å²) in [5.74, 6) is 0.549. The maximum atomic E-state index is 13.9. The quantitative estimate of drug-likeness (QED) is 0.486. The van der Waals surface area contributed by atoms with Crippen molar-refractivity contribution in [1.82, 2.24) is 19.9 Å². The van der Waals surface area contributed by atoms with Crippen LogP contribution in [0.5, 0.6) is 0 Å². The number of para-hydroxylation sites is 2. The van der Waals surface area contributed by atoms with Crippen molar-refractivity contribution in [2.24, 2.45) is 0 Å². The van der Waals surface area contributed by atoms with Crippen LogP contribution in [0.1, 0.15) is 36.9 Å². The van der Waals surface area contributed by atoms with Gasteiger partial charge >= 0.3 is 0 Å². The summed E-state index contributed by atoms with van der Waals surface area (Å²) < 4.78 is 32.6. The Morgan fingerprint density at radius 2 is 1.97 bits per heavy atom. The van der Waals surface area contributed by atoms with Crippen LogP contribution in [0.3, 0.4) is 0 Å². The number of nitrogens with one attached hydrogen (secondary N) is 1. The number of carbonyl (C=O) groups is 1. The fourth-order valence-corrected chi connectivity index (χ4v) is 4.18. The van der Waals surface area contributed by atoms with Crippen LogP contribution >= 0.6 is 0 Å². The fraction of sp³-hybridized carbons (Fsp3) is 0.292. The monoisotopic (exact) mass is 436 g/mol. The maximum absolute atomic E-state index is 13.9. The van der Waals surface area contributed by atoms with Crippen molar-refractivity contribution in [3.8, 4) is 11.3 Å². The Bertz CT molecular complexity index is 1220. The van der Waals surface area contributed by atoms with E-state index >= 15 is 0 Å². The molecule has 0 aliphatic carbocycles. The molecule has 1 aliphatic heterocycles. The number of amides is 1. The van der Waals surface area contributed by atoms with Crippen LogP contribution in [0, 0.1) is 11.6 Å². The van der Waals surface area contributed by atoms with E-state index in [-0.39, 0.29) is 23.7 Å². The average Bonchev–Trinajstić information content (AvgIpc) is 3.45. The molecule has 0 radical (unpaired) electrons. The highest BCUT2D eigenvalue weighted by Crippen LogP contribution is 2.28. The number of benzene rings is 2. The molecule has 6 nitrogen and oxygen atoms in total. The summed E-state index contributed by atoms with van der Waals surface area (Å²) in [5.41, 5.74) is 2.14. The largest absolute Gasteiger partial charge is 0.441 e. The van der Waals surface area contributed by atoms with Crippen LogP contribution < -0.4 is 0 Å². The Kier molecular flexibility index (Phi) is 5.43. The van der Waals surface area contributed by atoms with Gasteiger partial charge in [0.1, 0.15) is 17.5 Å². The standard InChI is InChI=1S/C24H22F2N4O2/c25-16-5-6-17(18(26)13-16)21-14-27-22(32-21)7-8-23(31)30-11-9-15(10-12-30)24-28-19-3-1-2-4-20(19)29-24/h1-6,13-15H,7-12H2,(H,28,29). The second-order valence-electron chi connectivity index (χ2n) is 8.04. The molecule has 2 aromatic heterocycles. The summed E-state index contributed by atoms with van der Waals surface area (Å²) in [5, 5.41) is 0. The van der Waals surface area contributed by atoms with Gasteiger partial charge in [0.2, 0.25) is 5.91 Å². The number of halogens is 2. The number of hydrogen-bond acceptors (Lipinski definition) is 4. The van der Waals surface area contributed by atoms with Gasteiger partial charge in [-0.1, -0.05) is 12.1 Å². The minimum absolute atomic E-state index is 0.0424. The van der Waals surface area contributed by atoms with Gasteiger partial charge in [-0.3, -0.25) is 4.79 Å². The average molecular weight is 436 g/mol. The minimum atomic E-state index is -0.712. The van der Waals surface area contributed by atoms with E-state index in [0.29, 0.717) is 31.3 Å². The number of fused-ring (bicyclic) bond motifs is 1. The van der Waals surface area contributed by atoms with Gasteiger partial charge in [-0.2, -0.15) is 0 Å². The lowest BCUT2D eigenvalue weighted by atomic mass is 9.96. The molecule has 32 heavy (non-hydrogen) atoms. The number of rotatable bonds is 5. The zero-order valence-corrected chi connectivity index (χ0v) is 17.4. The number of nitrogens with zero attached hydrogens (tertiary/aromatic N) is 3. The lowest BCUT2D eigenvalue weighted by Gasteiger charge is -2.31. The number of imidazole rings is 1. The molecule has 0 saturated carbocycles. The Labute approximate surface area is 183 Å². The van der Waals surface area contributed by atoms with Crippen LogP contribution in [-0.2, 0) is 11.2 Å². The predicted molar refractivity (Wildman–Crippen MR) is 115 cm³/mol. The normalized spacial score (nSPS) is 14.9. The molecule has 0 atom stereocenters. The van der Waals surface area contributed by atoms with Gasteiger partial charge in [0.15, 0.2) is 11.7 Å². The molecule has 2 aromatic carbocycles. The van der Waals surface area contributed by atoms with Gasteiger partial charge in [0, 0.05) is 37.9 Å². The Morgan fingerprint density at radius 3 is 2.75 bits per heavy atom. The van der Waals surface area contributed by atoms with E-state index in [4.69, 9.17) is 9.40 Å². The number of piperidine rings is 1. The fourth-order valence-electron chi connectivity index (χ4n) is 4.18. The number of carbonyl (C=O) groups excluding carboxylic acids is 1. The third-order valence-corrected chi connectivity index (χ3v) is 5.94. The van der Waals surface area contributed by atoms with Crippen molar-refractivity contribution in [2.75, 3.05) is 13.1 Å². The van der Waals surface area contributed by atoms with Crippen LogP contribution in [0.15, 0.2) is 53.1 Å². The van der Waals surface area contributed by atoms with Crippen molar-refractivity contribution in [3.05, 3.63) is 72.0 Å². The third-order valence-electron chi connectivity index (χ3n) is 5.94. The van der Waals surface area contributed by atoms with Crippen LogP contribution in [0.4, 0.5) is 8.78 Å². The van der Waals surface area contributed by atoms with Gasteiger partial charge < -0.3 is 14.3 Å². The number of hydrogen-bond donors (Lipinski definition) is 1. The summed E-state index contributed by atoms with van der Waals surface area (Å²) in [7, 11) is 0. The molecular formula is C24H22F2N4O2. The van der Waals surface area contributed by atoms with E-state index in [1.807, 2.05) is 29.2 Å². The first-order valence-corrected chi connectivity index (χ1v) is 10.7. The molecule has 1 fully saturated rings. The van der Waals surface area contributed by atoms with E-state index in [1.54, 1.807) is 0 Å². The van der Waals surface area contributed by atoms with Gasteiger partial charge in [-0.25, -0.2) is 18.7 Å². The van der Waals surface area contributed by atoms with E-state index in [0.717, 1.165) is 35.8 Å². The van der Waals surface area contributed by atoms with Gasteiger partial charge in [-0.05, 0) is 37.1 Å². The van der Waals surface area contributed by atoms with Crippen LogP contribution in [0.25, 0.3) is 22.4 Å². The van der Waals surface area contributed by atoms with Crippen molar-refractivity contribution < 1.29 is 18.0 Å². The minimum Gasteiger partial charge on any atom is -0.441 e. The molecule has 3 heterocycles. The predicted octanol–water partition coefficient (Wildman–Crippen LogP) is 4.83. The van der Waals surface area contributed by atoms with Gasteiger partial charge in [-0.15, -0.1) is 0 Å². The molecule has 0 unspecified atom stereocenters. The Balaban J connectivity index is 1.15. The molecule has 0 bridgehead atoms. The summed E-state index contributed by atoms with van der Waals surface area (Å²) in [4.78, 5) is 26.7. The summed E-state index contributed by atoms with van der Waals surface area (Å²) in [6.07, 6.45) is 3.71. The topological polar surface area (TPSA) is 75.0 Å². The first kappa shape index (κ1) is 20.4. The van der Waals surface area contributed by atoms with Crippen molar-refractivity contribution in [3.63, 3.8) is 0 Å². The van der Waals surface area contributed by atoms with E-state index in [1.165, 1.54) is 18.3 Å². The van der Waals surface area contributed by atoms with Gasteiger partial charge in [0.25, 0.3) is 0 Å². The third kappa shape index (κ3) is 4.12. The molecular weight excluding hydrogens is 414 g/mol. The smallest absolute Gasteiger partial charge is 0.223 e. The van der Waals surface area contributed by atoms with Crippen LogP contribution in [-0.4, -0.2) is 38.8 Å². The van der Waals surface area contributed by atoms with Crippen molar-refractivity contribution in [1.29, 1.82) is 0 Å². The molecule has 164 valence electrons. The van der Waals surface area contributed by atoms with Crippen LogP contribution in [0.2, 0.25) is 0 Å². The lowest BCUT2D eigenvalue weighted by Crippen LogP contribution is -2.38. The van der Waals surface area contributed by atoms with Crippen molar-refractivity contribution in [2.45, 2.75) is 31.6 Å². The zero-order valence-electron chi connectivity index (χ0n) is 17.4. The molecule has 1 N–H and O–H groups in total. The number of H-pyrrole nitrogens is 1. The summed E-state index contributed by atoms with van der Waals surface area (Å²) >= 11 is 0. The highest BCUT2D eigenvalue weighted by molar-refractivity contribution is 5.76. The Hall–Kier alpha value is -3.55. The highest BCUT2D eigenvalue weighted by Gasteiger charge is 2.26. The highest BCUT2D eigenvalue weighted by atomic mass is 19.1. The molecule has 1 saturated heterocycles. The van der Waals surface area contributed by atoms with E-state index in [9.17, 15) is 13.6 Å². The first-order chi connectivity index (χ1) is 15.6. The summed E-state index contributed by atoms with van der Waals surface area (Å²) in [6, 6.07) is 11.2. The van der Waals surface area contributed by atoms with Gasteiger partial charge in [0.05, 0.1) is 22.8 Å². The number of aryl methyl sites for hydroxylation is 1. The van der Waals surface area contributed by atoms with E-state index in [2.05, 4.69) is 9.97 Å². The van der Waals surface area contributed by atoms with Crippen molar-refractivity contribution >= 4 is 16.9 Å². The second-order valence-corrected chi connectivity index (χ2v) is 8.04. The molecule has 1 aliphatic rings. The summed E-state index contributed by atoms with van der Waals surface area (Å²) in [6.45, 7) is 1.36. The lowest BCUT2D eigenvalue weighted by molar-refractivity contribution is -0.132. The SMILES string of the molecule is O=C(CCc1ncc(-c2ccc(F)cc2F)o1)N1CCC(c2nc3ccccc3[nH]2)CC1. The maximum Gasteiger partial charge on any atom is 0.223 e. The number of oxazole rings is 1. The zero-order chi connectivity index (χ0) is 22.1. The molecule has 8 heteroatoms. The van der Waals surface area contributed by atoms with E-state index < -0.39 is 11.6 Å². The Morgan fingerprint density at radius 1 is 1.16 bits per heavy atom. The number of aromatic nitrogens is 3. The molecule has 5 rings (SSSR count). The molecule has 0 spiro atoms. The second kappa shape index (κ2) is 8.53. The first-order valence-electron chi connectivity index (χ1n) is 10.7. The number of aromatic amines is 1. The molecule has 1 amide bonds. The molecule has 4 aromatic rings.